The van der Waals surface area contributed by atoms with E-state index in [1.54, 1.807) is 0 Å². The van der Waals surface area contributed by atoms with Crippen molar-refractivity contribution in [3.63, 3.8) is 0 Å². The molecular formula is C19H29Br3Cu2N6O3-5. The van der Waals surface area contributed by atoms with Crippen molar-refractivity contribution in [2.45, 2.75) is 37.4 Å². The Morgan fingerprint density at radius 1 is 1.15 bits per heavy atom. The summed E-state index contributed by atoms with van der Waals surface area (Å²) in [5.74, 6) is -0.658. The van der Waals surface area contributed by atoms with Gasteiger partial charge in [0.25, 0.3) is 0 Å². The van der Waals surface area contributed by atoms with E-state index in [1.807, 2.05) is 18.2 Å². The van der Waals surface area contributed by atoms with E-state index in [2.05, 4.69) is 88.4 Å². The summed E-state index contributed by atoms with van der Waals surface area (Å²) >= 11 is 13.9. The zero-order valence-electron chi connectivity index (χ0n) is 18.1. The Kier molecular flexibility index (Phi) is 23.3. The third-order valence-electron chi connectivity index (χ3n) is 4.63. The maximum absolute atomic E-state index is 12.5. The zero-order valence-corrected chi connectivity index (χ0v) is 24.7. The molecule has 0 aromatic carbocycles. The van der Waals surface area contributed by atoms with E-state index < -0.39 is 12.1 Å². The van der Waals surface area contributed by atoms with Gasteiger partial charge >= 0.3 is 67.9 Å². The first kappa shape index (κ1) is 33.5. The van der Waals surface area contributed by atoms with Gasteiger partial charge in [-0.1, -0.05) is 37.5 Å². The summed E-state index contributed by atoms with van der Waals surface area (Å²) in [7, 11) is 1.00. The number of nitrogens with zero attached hydrogens (tertiary/aromatic N) is 5. The minimum absolute atomic E-state index is 0.119. The van der Waals surface area contributed by atoms with Crippen LogP contribution in [0, 0.1) is 0 Å². The van der Waals surface area contributed by atoms with Crippen LogP contribution in [-0.2, 0) is 35.1 Å². The summed E-state index contributed by atoms with van der Waals surface area (Å²) in [6.45, 7) is 3.09. The number of aliphatic hydroxyl groups is 1. The fourth-order valence-electron chi connectivity index (χ4n) is 3.19. The molecule has 3 heterocycles. The number of allylic oxidation sites excluding steroid dienone is 2. The molecule has 0 aromatic rings. The van der Waals surface area contributed by atoms with Crippen molar-refractivity contribution in [2.24, 2.45) is 0 Å². The molecule has 2 saturated heterocycles. The van der Waals surface area contributed by atoms with Gasteiger partial charge in [-0.2, -0.15) is 19.1 Å². The van der Waals surface area contributed by atoms with Crippen LogP contribution in [0.1, 0.15) is 19.3 Å². The number of carbonyl (C=O) groups excluding carboxylic acids is 2. The van der Waals surface area contributed by atoms with Crippen LogP contribution < -0.4 is 5.32 Å². The summed E-state index contributed by atoms with van der Waals surface area (Å²) in [6, 6.07) is -1.50. The molecule has 3 aliphatic rings. The fourth-order valence-corrected chi connectivity index (χ4v) is 3.19. The predicted octanol–water partition coefficient (Wildman–Crippen LogP) is 4.40. The number of halogens is 3. The second-order valence-corrected chi connectivity index (χ2v) is 11.4. The van der Waals surface area contributed by atoms with Crippen LogP contribution in [0.5, 0.6) is 0 Å². The first-order valence-electron chi connectivity index (χ1n) is 10.0. The number of rotatable bonds is 6. The van der Waals surface area contributed by atoms with Gasteiger partial charge < -0.3 is 41.8 Å². The van der Waals surface area contributed by atoms with Crippen molar-refractivity contribution in [1.29, 1.82) is 0 Å². The van der Waals surface area contributed by atoms with Gasteiger partial charge in [-0.15, -0.1) is 37.4 Å². The maximum atomic E-state index is 12.5. The predicted molar refractivity (Wildman–Crippen MR) is 137 cm³/mol. The van der Waals surface area contributed by atoms with Crippen LogP contribution in [0.2, 0.25) is 0 Å². The van der Waals surface area contributed by atoms with E-state index >= 15 is 0 Å². The average molecular weight is 756 g/mol. The van der Waals surface area contributed by atoms with Crippen molar-refractivity contribution in [1.82, 2.24) is 5.32 Å². The van der Waals surface area contributed by atoms with E-state index in [4.69, 9.17) is 5.11 Å². The van der Waals surface area contributed by atoms with E-state index in [-0.39, 0.29) is 17.9 Å². The van der Waals surface area contributed by atoms with Crippen LogP contribution in [0.4, 0.5) is 0 Å². The SMILES string of the molecule is CO.O=C([N-]CC1CCCC[N-]1)C1[N-]CC[N-]C1C(=O)NCC1=CC=CC[N-]1.[Br][Cu][Br].[Cu][Br]. The van der Waals surface area contributed by atoms with Gasteiger partial charge in [0.2, 0.25) is 5.91 Å². The van der Waals surface area contributed by atoms with Gasteiger partial charge in [-0.3, -0.25) is 4.79 Å². The van der Waals surface area contributed by atoms with Crippen LogP contribution in [0.25, 0.3) is 26.6 Å². The van der Waals surface area contributed by atoms with Crippen molar-refractivity contribution < 1.29 is 40.2 Å². The van der Waals surface area contributed by atoms with Gasteiger partial charge in [0, 0.05) is 19.6 Å². The Hall–Kier alpha value is 0.539. The molecule has 0 bridgehead atoms. The Morgan fingerprint density at radius 2 is 1.82 bits per heavy atom. The van der Waals surface area contributed by atoms with Crippen LogP contribution in [-0.4, -0.2) is 81.4 Å². The summed E-state index contributed by atoms with van der Waals surface area (Å²) in [5.41, 5.74) is 0.806. The van der Waals surface area contributed by atoms with E-state index in [0.29, 0.717) is 32.7 Å². The Balaban J connectivity index is 0.00000132. The molecule has 3 atom stereocenters. The molecule has 14 heteroatoms. The summed E-state index contributed by atoms with van der Waals surface area (Å²) in [6.07, 6.45) is 8.92. The van der Waals surface area contributed by atoms with E-state index in [1.165, 1.54) is 11.3 Å². The number of hydrogen-bond donors (Lipinski definition) is 2. The monoisotopic (exact) mass is 752 g/mol. The Labute approximate surface area is 232 Å². The molecule has 3 unspecified atom stereocenters. The number of nitrogens with one attached hydrogen (secondary N) is 1. The number of piperidine rings is 1. The first-order chi connectivity index (χ1) is 16.2. The molecule has 0 aromatic heterocycles. The number of amides is 2. The molecule has 2 fully saturated rings. The first-order valence-corrected chi connectivity index (χ1v) is 17.0. The normalized spacial score (nSPS) is 23.6. The van der Waals surface area contributed by atoms with Crippen LogP contribution in [0.15, 0.2) is 23.9 Å². The number of piperazine rings is 1. The molecule has 2 N–H and O–H groups in total. The summed E-state index contributed by atoms with van der Waals surface area (Å²) < 4.78 is 0. The standard InChI is InChI=1S/C18H26N6O2.CH4O.3BrH.2Cu/c25-17(23-11-13-5-1-3-7-19-13)15-16(22-10-9-21-15)18(26)24-12-14-6-2-4-8-20-14;1-2;;;;;/h1,3,5,14-16H,2,4,6-12H2,(H2,23,24,25,26);2H,1H3;3*1H;;/q-4;;;;;+1;+2/p-4. The number of hydrogen-bond acceptors (Lipinski definition) is 3. The molecule has 2 amide bonds. The second kappa shape index (κ2) is 23.0. The van der Waals surface area contributed by atoms with Crippen LogP contribution >= 0.6 is 42.3 Å². The molecular weight excluding hydrogens is 727 g/mol. The number of carbonyl (C=O) groups is 2. The van der Waals surface area contributed by atoms with E-state index in [9.17, 15) is 9.59 Å². The minimum atomic E-state index is -0.815. The van der Waals surface area contributed by atoms with Crippen molar-refractivity contribution >= 4 is 54.1 Å². The Bertz CT molecular complexity index is 599. The van der Waals surface area contributed by atoms with Gasteiger partial charge in [0.05, 0.1) is 0 Å². The van der Waals surface area contributed by atoms with Crippen molar-refractivity contribution in [3.8, 4) is 0 Å². The average Bonchev–Trinajstić information content (AvgIpc) is 2.90. The molecule has 0 aliphatic carbocycles. The van der Waals surface area contributed by atoms with Crippen molar-refractivity contribution in [3.05, 3.63) is 50.5 Å². The van der Waals surface area contributed by atoms with Gasteiger partial charge in [0.15, 0.2) is 0 Å². The molecule has 201 valence electrons. The van der Waals surface area contributed by atoms with Crippen LogP contribution in [0.3, 0.4) is 0 Å². The molecule has 0 saturated carbocycles. The Morgan fingerprint density at radius 3 is 2.39 bits per heavy atom. The van der Waals surface area contributed by atoms with Gasteiger partial charge in [0.1, 0.15) is 0 Å². The zero-order chi connectivity index (χ0) is 24.9. The molecule has 9 nitrogen and oxygen atoms in total. The molecule has 33 heavy (non-hydrogen) atoms. The molecule has 0 radical (unpaired) electrons. The molecule has 3 rings (SSSR count). The van der Waals surface area contributed by atoms with Crippen molar-refractivity contribution in [2.75, 3.05) is 46.4 Å². The van der Waals surface area contributed by atoms with E-state index in [0.717, 1.165) is 38.6 Å². The third kappa shape index (κ3) is 14.6. The fraction of sp³-hybridized carbons (Fsp3) is 0.684. The quantitative estimate of drug-likeness (QED) is 0.389. The third-order valence-corrected chi connectivity index (χ3v) is 4.63. The summed E-state index contributed by atoms with van der Waals surface area (Å²) in [4.78, 5) is 25.0. The van der Waals surface area contributed by atoms with Gasteiger partial charge in [-0.05, 0) is 0 Å². The molecule has 3 aliphatic heterocycles. The number of aliphatic hydroxyl groups excluding tert-OH is 1. The summed E-state index contributed by atoms with van der Waals surface area (Å²) in [5, 5.41) is 31.4. The topological polar surface area (TPSA) is 137 Å². The second-order valence-electron chi connectivity index (χ2n) is 6.62. The molecule has 0 spiro atoms. The van der Waals surface area contributed by atoms with Gasteiger partial charge in [-0.25, -0.2) is 0 Å².